The highest BCUT2D eigenvalue weighted by Gasteiger charge is 2.29. The summed E-state index contributed by atoms with van der Waals surface area (Å²) in [5.41, 5.74) is 3.45. The highest BCUT2D eigenvalue weighted by atomic mass is 79.9. The molecule has 160 valence electrons. The van der Waals surface area contributed by atoms with Crippen molar-refractivity contribution in [3.8, 4) is 11.5 Å². The van der Waals surface area contributed by atoms with Crippen LogP contribution >= 0.6 is 31.9 Å². The smallest absolute Gasteiger partial charge is 0.162 e. The summed E-state index contributed by atoms with van der Waals surface area (Å²) in [5, 5.41) is 14.3. The fourth-order valence-corrected chi connectivity index (χ4v) is 4.49. The molecule has 3 aromatic rings. The fraction of sp³-hybridized carbons (Fsp3) is 0.208. The van der Waals surface area contributed by atoms with Gasteiger partial charge in [-0.3, -0.25) is 10.3 Å². The van der Waals surface area contributed by atoms with Gasteiger partial charge in [-0.2, -0.15) is 0 Å². The number of nitrogens with zero attached hydrogens (tertiary/aromatic N) is 1. The molecule has 0 saturated carbocycles. The third-order valence-corrected chi connectivity index (χ3v) is 6.27. The molecule has 2 atom stereocenters. The zero-order chi connectivity index (χ0) is 22.0. The number of rotatable bonds is 5. The first kappa shape index (κ1) is 22.0. The van der Waals surface area contributed by atoms with Gasteiger partial charge in [0.05, 0.1) is 11.1 Å². The predicted molar refractivity (Wildman–Crippen MR) is 127 cm³/mol. The van der Waals surface area contributed by atoms with Crippen LogP contribution in [0.5, 0.6) is 11.5 Å². The van der Waals surface area contributed by atoms with Gasteiger partial charge in [0, 0.05) is 28.2 Å². The van der Waals surface area contributed by atoms with E-state index in [2.05, 4.69) is 37.2 Å². The molecule has 1 aliphatic heterocycles. The monoisotopic (exact) mass is 546 g/mol. The van der Waals surface area contributed by atoms with Crippen LogP contribution < -0.4 is 10.1 Å². The lowest BCUT2D eigenvalue weighted by molar-refractivity contribution is 0.313. The Labute approximate surface area is 197 Å². The van der Waals surface area contributed by atoms with Gasteiger partial charge in [0.15, 0.2) is 11.5 Å². The van der Waals surface area contributed by atoms with Gasteiger partial charge >= 0.3 is 0 Å². The number of nitrogens with one attached hydrogen (secondary N) is 1. The molecular formula is C24H21Br2FN2O2. The van der Waals surface area contributed by atoms with E-state index in [1.807, 2.05) is 43.3 Å². The maximum atomic E-state index is 13.8. The van der Waals surface area contributed by atoms with Crippen LogP contribution in [0.25, 0.3) is 0 Å². The van der Waals surface area contributed by atoms with Crippen LogP contribution in [0, 0.1) is 5.82 Å². The largest absolute Gasteiger partial charge is 0.504 e. The average molecular weight is 548 g/mol. The Morgan fingerprint density at radius 1 is 1.13 bits per heavy atom. The molecule has 0 unspecified atom stereocenters. The van der Waals surface area contributed by atoms with E-state index < -0.39 is 6.17 Å². The maximum Gasteiger partial charge on any atom is 0.162 e. The number of para-hydroxylation sites is 1. The minimum absolute atomic E-state index is 0.122. The van der Waals surface area contributed by atoms with E-state index in [-0.39, 0.29) is 17.6 Å². The van der Waals surface area contributed by atoms with Gasteiger partial charge in [0.25, 0.3) is 0 Å². The quantitative estimate of drug-likeness (QED) is 0.374. The lowest BCUT2D eigenvalue weighted by Gasteiger charge is -2.31. The Balaban J connectivity index is 1.77. The summed E-state index contributed by atoms with van der Waals surface area (Å²) in [7, 11) is 0. The second-order valence-electron chi connectivity index (χ2n) is 7.21. The van der Waals surface area contributed by atoms with Crippen molar-refractivity contribution in [1.82, 2.24) is 5.32 Å². The van der Waals surface area contributed by atoms with Gasteiger partial charge < -0.3 is 9.84 Å². The first-order valence-electron chi connectivity index (χ1n) is 9.94. The molecule has 4 nitrogen and oxygen atoms in total. The van der Waals surface area contributed by atoms with Crippen LogP contribution in [-0.2, 0) is 0 Å². The number of phenols is 1. The third-order valence-electron chi connectivity index (χ3n) is 5.16. The van der Waals surface area contributed by atoms with Gasteiger partial charge in [0.1, 0.15) is 12.0 Å². The van der Waals surface area contributed by atoms with Crippen molar-refractivity contribution >= 4 is 37.6 Å². The minimum atomic E-state index is -0.403. The molecule has 4 rings (SSSR count). The zero-order valence-electron chi connectivity index (χ0n) is 16.8. The number of phenolic OH excluding ortho intramolecular Hbond substituents is 1. The molecule has 7 heteroatoms. The van der Waals surface area contributed by atoms with Crippen molar-refractivity contribution in [1.29, 1.82) is 0 Å². The molecule has 1 aliphatic rings. The maximum absolute atomic E-state index is 13.8. The van der Waals surface area contributed by atoms with Crippen LogP contribution in [0.3, 0.4) is 0 Å². The van der Waals surface area contributed by atoms with Crippen LogP contribution in [0.1, 0.15) is 42.2 Å². The molecule has 0 spiro atoms. The summed E-state index contributed by atoms with van der Waals surface area (Å²) >= 11 is 6.80. The second-order valence-corrected chi connectivity index (χ2v) is 8.98. The lowest BCUT2D eigenvalue weighted by Crippen LogP contribution is -2.33. The molecule has 0 bridgehead atoms. The molecule has 0 radical (unpaired) electrons. The molecule has 31 heavy (non-hydrogen) atoms. The zero-order valence-corrected chi connectivity index (χ0v) is 20.0. The summed E-state index contributed by atoms with van der Waals surface area (Å²) in [6.45, 7) is 2.34. The first-order valence-corrected chi connectivity index (χ1v) is 11.5. The topological polar surface area (TPSA) is 53.8 Å². The van der Waals surface area contributed by atoms with E-state index in [0.717, 1.165) is 26.9 Å². The lowest BCUT2D eigenvalue weighted by atomic mass is 9.93. The summed E-state index contributed by atoms with van der Waals surface area (Å²) in [5.74, 6) is 0.250. The second kappa shape index (κ2) is 9.51. The van der Waals surface area contributed by atoms with Gasteiger partial charge in [-0.1, -0.05) is 46.3 Å². The van der Waals surface area contributed by atoms with E-state index in [0.29, 0.717) is 23.2 Å². The minimum Gasteiger partial charge on any atom is -0.504 e. The van der Waals surface area contributed by atoms with Crippen molar-refractivity contribution in [2.24, 2.45) is 4.99 Å². The normalized spacial score (nSPS) is 18.5. The van der Waals surface area contributed by atoms with Gasteiger partial charge in [-0.15, -0.1) is 0 Å². The van der Waals surface area contributed by atoms with Gasteiger partial charge in [-0.05, 0) is 64.3 Å². The van der Waals surface area contributed by atoms with Crippen molar-refractivity contribution in [2.75, 3.05) is 6.61 Å². The van der Waals surface area contributed by atoms with Crippen molar-refractivity contribution in [2.45, 2.75) is 25.6 Å². The molecule has 0 amide bonds. The average Bonchev–Trinajstić information content (AvgIpc) is 2.77. The Hall–Kier alpha value is -2.22. The summed E-state index contributed by atoms with van der Waals surface area (Å²) in [4.78, 5) is 4.93. The molecule has 1 heterocycles. The molecule has 0 aliphatic carbocycles. The van der Waals surface area contributed by atoms with Gasteiger partial charge in [-0.25, -0.2) is 4.39 Å². The molecule has 0 saturated heterocycles. The number of aromatic hydroxyl groups is 1. The molecule has 3 aromatic carbocycles. The summed E-state index contributed by atoms with van der Waals surface area (Å²) in [6, 6.07) is 18.1. The number of aliphatic imine (C=N–C) groups is 1. The van der Waals surface area contributed by atoms with Crippen LogP contribution in [0.2, 0.25) is 0 Å². The SMILES string of the molecule is CCOc1cccc([C@H]2CC(c3cccc(Br)c3)=N[C@H](c3ccc(F)c(Br)c3)N2)c1O. The number of hydrogen-bond donors (Lipinski definition) is 2. The highest BCUT2D eigenvalue weighted by Crippen LogP contribution is 2.39. The number of halogens is 3. The Morgan fingerprint density at radius 3 is 2.68 bits per heavy atom. The molecule has 0 fully saturated rings. The van der Waals surface area contributed by atoms with E-state index in [4.69, 9.17) is 9.73 Å². The van der Waals surface area contributed by atoms with Crippen molar-refractivity contribution in [3.63, 3.8) is 0 Å². The fourth-order valence-electron chi connectivity index (χ4n) is 3.69. The van der Waals surface area contributed by atoms with Crippen molar-refractivity contribution in [3.05, 3.63) is 92.1 Å². The first-order chi connectivity index (χ1) is 15.0. The Kier molecular flexibility index (Phi) is 6.74. The van der Waals surface area contributed by atoms with Gasteiger partial charge in [0.2, 0.25) is 0 Å². The molecular weight excluding hydrogens is 527 g/mol. The van der Waals surface area contributed by atoms with Crippen LogP contribution in [-0.4, -0.2) is 17.4 Å². The number of ether oxygens (including phenoxy) is 1. The summed E-state index contributed by atoms with van der Waals surface area (Å²) < 4.78 is 20.7. The third kappa shape index (κ3) is 4.84. The van der Waals surface area contributed by atoms with E-state index in [1.165, 1.54) is 6.07 Å². The predicted octanol–water partition coefficient (Wildman–Crippen LogP) is 6.68. The highest BCUT2D eigenvalue weighted by molar-refractivity contribution is 9.10. The Morgan fingerprint density at radius 2 is 1.94 bits per heavy atom. The van der Waals surface area contributed by atoms with Crippen LogP contribution in [0.15, 0.2) is 74.6 Å². The summed E-state index contributed by atoms with van der Waals surface area (Å²) in [6.07, 6.45) is 0.179. The van der Waals surface area contributed by atoms with Crippen LogP contribution in [0.4, 0.5) is 4.39 Å². The standard InChI is InChI=1S/C24H21Br2FN2O2/c1-2-31-22-8-4-7-17(23(22)30)21-13-20(14-5-3-6-16(25)11-14)28-24(29-21)15-9-10-19(27)18(26)12-15/h3-12,21,24,29-30H,2,13H2,1H3/t21-,24+/m1/s1. The van der Waals surface area contributed by atoms with E-state index in [9.17, 15) is 9.50 Å². The number of benzene rings is 3. The Bertz CT molecular complexity index is 1140. The van der Waals surface area contributed by atoms with E-state index in [1.54, 1.807) is 18.2 Å². The number of hydrogen-bond acceptors (Lipinski definition) is 4. The van der Waals surface area contributed by atoms with Crippen molar-refractivity contribution < 1.29 is 14.2 Å². The van der Waals surface area contributed by atoms with E-state index >= 15 is 0 Å². The molecule has 2 N–H and O–H groups in total. The molecule has 0 aromatic heterocycles.